The lowest BCUT2D eigenvalue weighted by Gasteiger charge is -2.73. The van der Waals surface area contributed by atoms with Crippen molar-refractivity contribution in [3.8, 4) is 11.5 Å². The maximum Gasteiger partial charge on any atom is 0.165 e. The normalized spacial score (nSPS) is 50.3. The number of aliphatic hydroxyl groups excluding tert-OH is 1. The number of likely N-dealkylation sites (tertiary alicyclic amines) is 1. The molecule has 9 rings (SSSR count). The van der Waals surface area contributed by atoms with Gasteiger partial charge in [-0.05, 0) is 62.6 Å². The molecule has 5 heteroatoms. The van der Waals surface area contributed by atoms with E-state index in [1.54, 1.807) is 0 Å². The van der Waals surface area contributed by atoms with Gasteiger partial charge in [0, 0.05) is 42.5 Å². The van der Waals surface area contributed by atoms with Crippen LogP contribution in [0.2, 0.25) is 0 Å². The van der Waals surface area contributed by atoms with Gasteiger partial charge in [-0.2, -0.15) is 0 Å². The second-order valence-corrected chi connectivity index (χ2v) is 11.4. The topological polar surface area (TPSA) is 62.2 Å². The molecule has 0 radical (unpaired) electrons. The Morgan fingerprint density at radius 2 is 2.06 bits per heavy atom. The molecule has 3 saturated carbocycles. The predicted molar refractivity (Wildman–Crippen MR) is 114 cm³/mol. The van der Waals surface area contributed by atoms with Crippen LogP contribution in [0.25, 0.3) is 0 Å². The zero-order valence-corrected chi connectivity index (χ0v) is 18.1. The molecule has 2 N–H and O–H groups in total. The van der Waals surface area contributed by atoms with Gasteiger partial charge >= 0.3 is 0 Å². The summed E-state index contributed by atoms with van der Waals surface area (Å²) in [6.07, 6.45) is 10.9. The Morgan fingerprint density at radius 3 is 2.87 bits per heavy atom. The Hall–Kier alpha value is -1.56. The van der Waals surface area contributed by atoms with E-state index in [0.717, 1.165) is 38.1 Å². The van der Waals surface area contributed by atoms with E-state index in [1.807, 2.05) is 13.2 Å². The second-order valence-electron chi connectivity index (χ2n) is 11.4. The first-order chi connectivity index (χ1) is 15.1. The molecule has 6 aliphatic carbocycles. The summed E-state index contributed by atoms with van der Waals surface area (Å²) in [5.41, 5.74) is 1.66. The van der Waals surface area contributed by atoms with E-state index in [0.29, 0.717) is 11.8 Å². The van der Waals surface area contributed by atoms with Gasteiger partial charge in [0.2, 0.25) is 0 Å². The summed E-state index contributed by atoms with van der Waals surface area (Å²) in [6, 6.07) is 4.34. The van der Waals surface area contributed by atoms with E-state index in [-0.39, 0.29) is 40.6 Å². The largest absolute Gasteiger partial charge is 0.504 e. The van der Waals surface area contributed by atoms with Crippen LogP contribution in [0.1, 0.15) is 43.2 Å². The fraction of sp³-hybridized carbons (Fsp3) is 0.692. The number of rotatable bonds is 3. The first-order valence-corrected chi connectivity index (χ1v) is 12.3. The SMILES string of the molecule is COC12C=C[C@]3(C4C1CC[C@H]4O)[C@H]1Cc4ccc(O)c5c4[C@@]3(CCN1CC1CC1)[C@H]2O5. The first kappa shape index (κ1) is 17.9. The van der Waals surface area contributed by atoms with Crippen LogP contribution in [-0.2, 0) is 16.6 Å². The zero-order valence-electron chi connectivity index (χ0n) is 18.1. The van der Waals surface area contributed by atoms with E-state index in [1.165, 1.54) is 30.5 Å². The van der Waals surface area contributed by atoms with Crippen LogP contribution < -0.4 is 4.74 Å². The third-order valence-electron chi connectivity index (χ3n) is 10.6. The summed E-state index contributed by atoms with van der Waals surface area (Å²) in [7, 11) is 1.82. The minimum atomic E-state index is -0.535. The molecule has 5 nitrogen and oxygen atoms in total. The monoisotopic (exact) mass is 421 g/mol. The van der Waals surface area contributed by atoms with Crippen LogP contribution in [0.5, 0.6) is 11.5 Å². The standard InChI is InChI=1S/C26H31NO4/c1-30-26-9-8-24(21-16(26)5-7-17(21)28)19-12-15-4-6-18(29)22-20(15)25(24,23(26)31-22)10-11-27(19)13-14-2-3-14/h4,6,8-9,14,16-17,19,21,23,28-29H,2-3,5,7,10-13H2,1H3/t16?,17-,19-,21?,23-,24-,25+,26?/m1/s1. The highest BCUT2D eigenvalue weighted by molar-refractivity contribution is 5.65. The van der Waals surface area contributed by atoms with E-state index in [2.05, 4.69) is 23.1 Å². The van der Waals surface area contributed by atoms with Crippen LogP contribution in [0.15, 0.2) is 24.3 Å². The highest BCUT2D eigenvalue weighted by Gasteiger charge is 2.83. The van der Waals surface area contributed by atoms with Gasteiger partial charge in [-0.15, -0.1) is 0 Å². The average Bonchev–Trinajstić information content (AvgIpc) is 3.38. The summed E-state index contributed by atoms with van der Waals surface area (Å²) >= 11 is 0. The van der Waals surface area contributed by atoms with E-state index in [4.69, 9.17) is 9.47 Å². The van der Waals surface area contributed by atoms with Crippen molar-refractivity contribution in [3.63, 3.8) is 0 Å². The predicted octanol–water partition coefficient (Wildman–Crippen LogP) is 2.77. The second kappa shape index (κ2) is 5.32. The number of ether oxygens (including phenoxy) is 2. The minimum absolute atomic E-state index is 0.130. The maximum atomic E-state index is 11.4. The molecule has 4 bridgehead atoms. The van der Waals surface area contributed by atoms with Gasteiger partial charge in [0.25, 0.3) is 0 Å². The molecule has 31 heavy (non-hydrogen) atoms. The molecular weight excluding hydrogens is 390 g/mol. The molecule has 164 valence electrons. The lowest BCUT2D eigenvalue weighted by molar-refractivity contribution is -0.247. The molecule has 8 aliphatic rings. The third kappa shape index (κ3) is 1.69. The Balaban J connectivity index is 1.45. The molecule has 1 saturated heterocycles. The zero-order chi connectivity index (χ0) is 20.8. The minimum Gasteiger partial charge on any atom is -0.504 e. The van der Waals surface area contributed by atoms with Gasteiger partial charge in [-0.3, -0.25) is 4.90 Å². The van der Waals surface area contributed by atoms with Crippen LogP contribution in [0.4, 0.5) is 0 Å². The average molecular weight is 422 g/mol. The van der Waals surface area contributed by atoms with Crippen molar-refractivity contribution in [2.75, 3.05) is 20.2 Å². The van der Waals surface area contributed by atoms with Gasteiger partial charge in [0.05, 0.1) is 11.5 Å². The highest BCUT2D eigenvalue weighted by atomic mass is 16.6. The lowest BCUT2D eigenvalue weighted by Crippen LogP contribution is -2.82. The van der Waals surface area contributed by atoms with Gasteiger partial charge in [-0.25, -0.2) is 0 Å². The summed E-state index contributed by atoms with van der Waals surface area (Å²) in [5, 5.41) is 22.3. The molecule has 2 heterocycles. The quantitative estimate of drug-likeness (QED) is 0.735. The van der Waals surface area contributed by atoms with E-state index >= 15 is 0 Å². The van der Waals surface area contributed by atoms with Crippen LogP contribution >= 0.6 is 0 Å². The highest BCUT2D eigenvalue weighted by Crippen LogP contribution is 2.78. The fourth-order valence-corrected chi connectivity index (χ4v) is 9.59. The summed E-state index contributed by atoms with van der Waals surface area (Å²) in [5.74, 6) is 2.24. The number of piperidine rings is 1. The van der Waals surface area contributed by atoms with Crippen molar-refractivity contribution in [3.05, 3.63) is 35.4 Å². The number of nitrogens with zero attached hydrogens (tertiary/aromatic N) is 1. The molecule has 0 aromatic heterocycles. The van der Waals surface area contributed by atoms with Gasteiger partial charge in [0.15, 0.2) is 11.5 Å². The number of aliphatic hydroxyl groups is 1. The number of hydrogen-bond acceptors (Lipinski definition) is 5. The van der Waals surface area contributed by atoms with Gasteiger partial charge in [-0.1, -0.05) is 18.2 Å². The van der Waals surface area contributed by atoms with E-state index < -0.39 is 5.60 Å². The molecule has 2 spiro atoms. The van der Waals surface area contributed by atoms with Crippen LogP contribution in [-0.4, -0.2) is 59.2 Å². The summed E-state index contributed by atoms with van der Waals surface area (Å²) < 4.78 is 13.2. The van der Waals surface area contributed by atoms with Crippen molar-refractivity contribution in [2.45, 2.75) is 67.8 Å². The van der Waals surface area contributed by atoms with Crippen molar-refractivity contribution < 1.29 is 19.7 Å². The fourth-order valence-electron chi connectivity index (χ4n) is 9.59. The molecule has 2 aliphatic heterocycles. The van der Waals surface area contributed by atoms with Crippen LogP contribution in [0, 0.1) is 23.2 Å². The number of hydrogen-bond donors (Lipinski definition) is 2. The number of benzene rings is 1. The van der Waals surface area contributed by atoms with Crippen LogP contribution in [0.3, 0.4) is 0 Å². The maximum absolute atomic E-state index is 11.4. The molecule has 1 aromatic carbocycles. The Kier molecular flexibility index (Phi) is 3.08. The molecular formula is C26H31NO4. The first-order valence-electron chi connectivity index (χ1n) is 12.3. The molecule has 3 unspecified atom stereocenters. The number of phenolic OH excluding ortho intramolecular Hbond substituents is 1. The van der Waals surface area contributed by atoms with Crippen molar-refractivity contribution in [1.29, 1.82) is 0 Å². The molecule has 0 amide bonds. The Morgan fingerprint density at radius 1 is 1.19 bits per heavy atom. The lowest BCUT2D eigenvalue weighted by atomic mass is 9.34. The van der Waals surface area contributed by atoms with Crippen molar-refractivity contribution in [1.82, 2.24) is 4.90 Å². The third-order valence-corrected chi connectivity index (χ3v) is 10.6. The Bertz CT molecular complexity index is 1030. The van der Waals surface area contributed by atoms with Gasteiger partial charge < -0.3 is 19.7 Å². The molecule has 1 aromatic rings. The molecule has 4 fully saturated rings. The van der Waals surface area contributed by atoms with Crippen molar-refractivity contribution >= 4 is 0 Å². The van der Waals surface area contributed by atoms with E-state index in [9.17, 15) is 10.2 Å². The number of aromatic hydroxyl groups is 1. The van der Waals surface area contributed by atoms with Crippen molar-refractivity contribution in [2.24, 2.45) is 23.2 Å². The van der Waals surface area contributed by atoms with Gasteiger partial charge in [0.1, 0.15) is 11.7 Å². The number of methoxy groups -OCH3 is 1. The summed E-state index contributed by atoms with van der Waals surface area (Å²) in [6.45, 7) is 2.25. The Labute approximate surface area is 183 Å². The smallest absolute Gasteiger partial charge is 0.165 e. The molecule has 8 atom stereocenters. The summed E-state index contributed by atoms with van der Waals surface area (Å²) in [4.78, 5) is 2.77. The number of phenols is 1.